The van der Waals surface area contributed by atoms with Crippen molar-refractivity contribution in [1.29, 1.82) is 0 Å². The summed E-state index contributed by atoms with van der Waals surface area (Å²) in [6, 6.07) is 43.7. The molecule has 8 rings (SSSR count). The van der Waals surface area contributed by atoms with Crippen LogP contribution in [-0.4, -0.2) is 4.98 Å². The SMILES string of the molecule is Clc1ccc2nc(-c3ccc4c(c3)C3(c5ccccc5-c5ccccc53)c3ccccc3-4)ccc2c1. The molecule has 1 nitrogen and oxygen atoms in total. The molecule has 5 aromatic carbocycles. The third-order valence-electron chi connectivity index (χ3n) is 7.94. The van der Waals surface area contributed by atoms with Crippen LogP contribution in [0, 0.1) is 0 Å². The third kappa shape index (κ3) is 2.48. The quantitative estimate of drug-likeness (QED) is 0.230. The number of rotatable bonds is 1. The highest BCUT2D eigenvalue weighted by Gasteiger charge is 2.51. The van der Waals surface area contributed by atoms with Gasteiger partial charge in [-0.3, -0.25) is 0 Å². The molecule has 1 spiro atoms. The van der Waals surface area contributed by atoms with E-state index in [0.717, 1.165) is 27.2 Å². The van der Waals surface area contributed by atoms with Gasteiger partial charge in [0, 0.05) is 16.0 Å². The molecule has 0 unspecified atom stereocenters. The van der Waals surface area contributed by atoms with Crippen molar-refractivity contribution < 1.29 is 0 Å². The van der Waals surface area contributed by atoms with Gasteiger partial charge in [-0.25, -0.2) is 4.98 Å². The summed E-state index contributed by atoms with van der Waals surface area (Å²) in [5, 5.41) is 1.78. The van der Waals surface area contributed by atoms with E-state index in [0.29, 0.717) is 0 Å². The number of hydrogen-bond donors (Lipinski definition) is 0. The average Bonchev–Trinajstić information content (AvgIpc) is 3.40. The molecule has 0 fully saturated rings. The van der Waals surface area contributed by atoms with Crippen LogP contribution in [0.25, 0.3) is 44.4 Å². The fraction of sp³-hybridized carbons (Fsp3) is 0.0294. The number of nitrogens with zero attached hydrogens (tertiary/aromatic N) is 1. The Balaban J connectivity index is 1.45. The zero-order chi connectivity index (χ0) is 23.9. The van der Waals surface area contributed by atoms with Crippen LogP contribution in [0.1, 0.15) is 22.3 Å². The van der Waals surface area contributed by atoms with Crippen LogP contribution < -0.4 is 0 Å². The molecule has 168 valence electrons. The number of aromatic nitrogens is 1. The highest BCUT2D eigenvalue weighted by atomic mass is 35.5. The van der Waals surface area contributed by atoms with Gasteiger partial charge in [-0.05, 0) is 74.8 Å². The minimum Gasteiger partial charge on any atom is -0.248 e. The van der Waals surface area contributed by atoms with E-state index in [4.69, 9.17) is 16.6 Å². The van der Waals surface area contributed by atoms with Crippen LogP contribution in [0.2, 0.25) is 5.02 Å². The molecule has 6 aromatic rings. The Labute approximate surface area is 214 Å². The fourth-order valence-corrected chi connectivity index (χ4v) is 6.69. The zero-order valence-corrected chi connectivity index (χ0v) is 20.1. The summed E-state index contributed by atoms with van der Waals surface area (Å²) < 4.78 is 0. The van der Waals surface area contributed by atoms with Crippen molar-refractivity contribution in [2.45, 2.75) is 5.41 Å². The summed E-state index contributed by atoms with van der Waals surface area (Å²) in [7, 11) is 0. The Morgan fingerprint density at radius 3 is 1.72 bits per heavy atom. The van der Waals surface area contributed by atoms with E-state index in [2.05, 4.69) is 103 Å². The van der Waals surface area contributed by atoms with Crippen LogP contribution in [0.3, 0.4) is 0 Å². The van der Waals surface area contributed by atoms with Crippen molar-refractivity contribution in [2.24, 2.45) is 0 Å². The second-order valence-electron chi connectivity index (χ2n) is 9.68. The molecule has 0 N–H and O–H groups in total. The first-order valence-corrected chi connectivity index (χ1v) is 12.6. The van der Waals surface area contributed by atoms with Gasteiger partial charge in [-0.1, -0.05) is 103 Å². The average molecular weight is 478 g/mol. The maximum atomic E-state index is 6.21. The van der Waals surface area contributed by atoms with Crippen LogP contribution in [0.5, 0.6) is 0 Å². The third-order valence-corrected chi connectivity index (χ3v) is 8.18. The maximum absolute atomic E-state index is 6.21. The van der Waals surface area contributed by atoms with E-state index in [1.54, 1.807) is 0 Å². The van der Waals surface area contributed by atoms with Crippen molar-refractivity contribution in [3.63, 3.8) is 0 Å². The molecule has 2 aliphatic rings. The van der Waals surface area contributed by atoms with Crippen molar-refractivity contribution in [3.8, 4) is 33.5 Å². The Morgan fingerprint density at radius 2 is 1.08 bits per heavy atom. The van der Waals surface area contributed by atoms with Gasteiger partial charge in [-0.15, -0.1) is 0 Å². The van der Waals surface area contributed by atoms with Gasteiger partial charge in [0.1, 0.15) is 0 Å². The molecule has 0 atom stereocenters. The number of hydrogen-bond acceptors (Lipinski definition) is 1. The summed E-state index contributed by atoms with van der Waals surface area (Å²) in [5.74, 6) is 0. The van der Waals surface area contributed by atoms with Crippen molar-refractivity contribution in [1.82, 2.24) is 4.98 Å². The zero-order valence-electron chi connectivity index (χ0n) is 19.4. The number of benzene rings is 5. The lowest BCUT2D eigenvalue weighted by molar-refractivity contribution is 0.794. The van der Waals surface area contributed by atoms with E-state index < -0.39 is 0 Å². The monoisotopic (exact) mass is 477 g/mol. The smallest absolute Gasteiger partial charge is 0.0725 e. The molecular formula is C34H20ClN. The summed E-state index contributed by atoms with van der Waals surface area (Å²) in [4.78, 5) is 5.01. The van der Waals surface area contributed by atoms with Crippen LogP contribution in [-0.2, 0) is 5.41 Å². The van der Waals surface area contributed by atoms with E-state index in [1.807, 2.05) is 18.2 Å². The Bertz CT molecular complexity index is 1800. The highest BCUT2D eigenvalue weighted by Crippen LogP contribution is 2.62. The van der Waals surface area contributed by atoms with E-state index in [1.165, 1.54) is 44.5 Å². The van der Waals surface area contributed by atoms with Gasteiger partial charge >= 0.3 is 0 Å². The normalized spacial score (nSPS) is 13.9. The largest absolute Gasteiger partial charge is 0.248 e. The summed E-state index contributed by atoms with van der Waals surface area (Å²) in [6.07, 6.45) is 0. The Hall–Kier alpha value is -4.20. The maximum Gasteiger partial charge on any atom is 0.0725 e. The molecule has 1 heterocycles. The summed E-state index contributed by atoms with van der Waals surface area (Å²) >= 11 is 6.21. The molecule has 0 bridgehead atoms. The van der Waals surface area contributed by atoms with Gasteiger partial charge in [-0.2, -0.15) is 0 Å². The second-order valence-corrected chi connectivity index (χ2v) is 10.1. The lowest BCUT2D eigenvalue weighted by Gasteiger charge is -2.30. The lowest BCUT2D eigenvalue weighted by atomic mass is 9.70. The summed E-state index contributed by atoms with van der Waals surface area (Å²) in [5.41, 5.74) is 13.4. The van der Waals surface area contributed by atoms with E-state index >= 15 is 0 Å². The minimum atomic E-state index is -0.334. The second kappa shape index (κ2) is 7.16. The molecule has 1 aromatic heterocycles. The van der Waals surface area contributed by atoms with Crippen LogP contribution in [0.15, 0.2) is 121 Å². The summed E-state index contributed by atoms with van der Waals surface area (Å²) in [6.45, 7) is 0. The van der Waals surface area contributed by atoms with Gasteiger partial charge in [0.25, 0.3) is 0 Å². The van der Waals surface area contributed by atoms with Crippen molar-refractivity contribution in [2.75, 3.05) is 0 Å². The number of pyridine rings is 1. The van der Waals surface area contributed by atoms with Gasteiger partial charge in [0.15, 0.2) is 0 Å². The first-order chi connectivity index (χ1) is 17.7. The molecule has 36 heavy (non-hydrogen) atoms. The molecule has 0 saturated carbocycles. The predicted molar refractivity (Wildman–Crippen MR) is 148 cm³/mol. The van der Waals surface area contributed by atoms with Gasteiger partial charge in [0.2, 0.25) is 0 Å². The minimum absolute atomic E-state index is 0.334. The number of halogens is 1. The fourth-order valence-electron chi connectivity index (χ4n) is 6.51. The van der Waals surface area contributed by atoms with Crippen molar-refractivity contribution >= 4 is 22.5 Å². The molecule has 0 saturated heterocycles. The van der Waals surface area contributed by atoms with Crippen LogP contribution in [0.4, 0.5) is 0 Å². The topological polar surface area (TPSA) is 12.9 Å². The molecule has 0 amide bonds. The van der Waals surface area contributed by atoms with Crippen molar-refractivity contribution in [3.05, 3.63) is 149 Å². The van der Waals surface area contributed by atoms with Gasteiger partial charge in [0.05, 0.1) is 16.6 Å². The first-order valence-electron chi connectivity index (χ1n) is 12.3. The molecule has 0 radical (unpaired) electrons. The molecule has 2 heteroatoms. The molecular weight excluding hydrogens is 458 g/mol. The lowest BCUT2D eigenvalue weighted by Crippen LogP contribution is -2.25. The van der Waals surface area contributed by atoms with Gasteiger partial charge < -0.3 is 0 Å². The Morgan fingerprint density at radius 1 is 0.500 bits per heavy atom. The number of fused-ring (bicyclic) bond motifs is 11. The molecule has 0 aliphatic heterocycles. The first kappa shape index (κ1) is 20.0. The van der Waals surface area contributed by atoms with E-state index in [9.17, 15) is 0 Å². The van der Waals surface area contributed by atoms with E-state index in [-0.39, 0.29) is 5.41 Å². The highest BCUT2D eigenvalue weighted by molar-refractivity contribution is 6.31. The molecule has 2 aliphatic carbocycles. The Kier molecular flexibility index (Phi) is 3.99. The standard InChI is InChI=1S/C34H20ClN/c35-23-15-18-33-21(19-23)14-17-32(36-33)22-13-16-27-26-9-3-6-12-30(26)34(31(27)20-22)28-10-4-1-7-24(28)25-8-2-5-11-29(25)34/h1-20H. The van der Waals surface area contributed by atoms with Crippen LogP contribution >= 0.6 is 11.6 Å². The predicted octanol–water partition coefficient (Wildman–Crippen LogP) is 8.90.